The Morgan fingerprint density at radius 1 is 1.32 bits per heavy atom. The summed E-state index contributed by atoms with van der Waals surface area (Å²) in [5.41, 5.74) is 6.91. The molecule has 9 heteroatoms. The Kier molecular flexibility index (Phi) is 4.10. The Morgan fingerprint density at radius 3 is 3.04 bits per heavy atom. The third-order valence-electron chi connectivity index (χ3n) is 3.99. The highest BCUT2D eigenvalue weighted by Crippen LogP contribution is 2.38. The maximum Gasteiger partial charge on any atom is 0.262 e. The van der Waals surface area contributed by atoms with Gasteiger partial charge in [0.15, 0.2) is 6.61 Å². The Balaban J connectivity index is 1.48. The van der Waals surface area contributed by atoms with E-state index in [1.54, 1.807) is 0 Å². The van der Waals surface area contributed by atoms with Crippen LogP contribution in [0.3, 0.4) is 0 Å². The molecule has 0 unspecified atom stereocenters. The number of nitrogens with zero attached hydrogens (tertiary/aromatic N) is 2. The van der Waals surface area contributed by atoms with E-state index in [-0.39, 0.29) is 12.5 Å². The van der Waals surface area contributed by atoms with Crippen LogP contribution >= 0.6 is 22.7 Å². The van der Waals surface area contributed by atoms with Gasteiger partial charge in [-0.25, -0.2) is 9.97 Å². The van der Waals surface area contributed by atoms with Crippen LogP contribution in [0.25, 0.3) is 10.2 Å². The zero-order chi connectivity index (χ0) is 17.4. The fourth-order valence-corrected chi connectivity index (χ4v) is 4.97. The summed E-state index contributed by atoms with van der Waals surface area (Å²) in [5.74, 6) is -0.499. The Morgan fingerprint density at radius 2 is 2.20 bits per heavy atom. The number of primary amides is 1. The van der Waals surface area contributed by atoms with Gasteiger partial charge in [-0.2, -0.15) is 0 Å². The van der Waals surface area contributed by atoms with Crippen LogP contribution < -0.4 is 15.8 Å². The van der Waals surface area contributed by atoms with Gasteiger partial charge in [0.05, 0.1) is 10.9 Å². The van der Waals surface area contributed by atoms with Gasteiger partial charge < -0.3 is 15.8 Å². The summed E-state index contributed by atoms with van der Waals surface area (Å²) in [4.78, 5) is 34.1. The number of anilines is 1. The molecular formula is C16H14N4O3S2. The van der Waals surface area contributed by atoms with E-state index >= 15 is 0 Å². The summed E-state index contributed by atoms with van der Waals surface area (Å²) in [6.07, 6.45) is 4.17. The van der Waals surface area contributed by atoms with E-state index in [1.165, 1.54) is 29.0 Å². The summed E-state index contributed by atoms with van der Waals surface area (Å²) in [6.45, 7) is -0.206. The molecule has 0 aromatic carbocycles. The van der Waals surface area contributed by atoms with Crippen molar-refractivity contribution in [1.82, 2.24) is 9.97 Å². The van der Waals surface area contributed by atoms with Crippen molar-refractivity contribution < 1.29 is 14.3 Å². The molecule has 128 valence electrons. The maximum absolute atomic E-state index is 12.2. The van der Waals surface area contributed by atoms with Crippen LogP contribution in [0.1, 0.15) is 27.2 Å². The number of rotatable bonds is 5. The molecule has 0 atom stereocenters. The lowest BCUT2D eigenvalue weighted by Crippen LogP contribution is -2.22. The van der Waals surface area contributed by atoms with Gasteiger partial charge in [0, 0.05) is 4.88 Å². The molecule has 3 aromatic heterocycles. The second kappa shape index (κ2) is 6.41. The number of amides is 2. The van der Waals surface area contributed by atoms with Crippen LogP contribution in [0, 0.1) is 0 Å². The predicted octanol–water partition coefficient (Wildman–Crippen LogP) is 2.36. The number of thiophene rings is 2. The van der Waals surface area contributed by atoms with Gasteiger partial charge in [0.1, 0.15) is 16.2 Å². The summed E-state index contributed by atoms with van der Waals surface area (Å²) in [6, 6.07) is 1.85. The van der Waals surface area contributed by atoms with Crippen LogP contribution in [0.15, 0.2) is 17.8 Å². The van der Waals surface area contributed by atoms with E-state index in [2.05, 4.69) is 15.3 Å². The fraction of sp³-hybridized carbons (Fsp3) is 0.250. The summed E-state index contributed by atoms with van der Waals surface area (Å²) in [7, 11) is 0. The maximum atomic E-state index is 12.2. The minimum atomic E-state index is -0.508. The minimum Gasteiger partial charge on any atom is -0.467 e. The molecule has 0 saturated carbocycles. The second-order valence-corrected chi connectivity index (χ2v) is 7.58. The zero-order valence-corrected chi connectivity index (χ0v) is 14.7. The van der Waals surface area contributed by atoms with E-state index in [0.29, 0.717) is 16.4 Å². The number of hydrogen-bond acceptors (Lipinski definition) is 7. The molecule has 0 fully saturated rings. The molecule has 2 amide bonds. The van der Waals surface area contributed by atoms with E-state index < -0.39 is 5.91 Å². The highest BCUT2D eigenvalue weighted by Gasteiger charge is 2.26. The first-order valence-electron chi connectivity index (χ1n) is 7.68. The predicted molar refractivity (Wildman–Crippen MR) is 96.4 cm³/mol. The first-order valence-corrected chi connectivity index (χ1v) is 9.38. The number of ether oxygens (including phenoxy) is 1. The molecule has 0 saturated heterocycles. The van der Waals surface area contributed by atoms with Gasteiger partial charge >= 0.3 is 0 Å². The summed E-state index contributed by atoms with van der Waals surface area (Å²) in [5, 5.41) is 5.91. The number of nitrogens with two attached hydrogens (primary N) is 1. The van der Waals surface area contributed by atoms with E-state index in [1.807, 2.05) is 11.4 Å². The van der Waals surface area contributed by atoms with E-state index in [9.17, 15) is 9.59 Å². The van der Waals surface area contributed by atoms with Crippen molar-refractivity contribution in [3.05, 3.63) is 33.8 Å². The smallest absolute Gasteiger partial charge is 0.262 e. The number of nitrogens with one attached hydrogen (secondary N) is 1. The lowest BCUT2D eigenvalue weighted by atomic mass is 10.1. The standard InChI is InChI=1S/C16H14N4O3S2/c17-13(22)12-8-2-1-3-10(8)25-16(12)20-11(21)6-23-14-9-4-5-24-15(9)19-7-18-14/h4-5,7H,1-3,6H2,(H2,17,22)(H,20,21). The van der Waals surface area contributed by atoms with Crippen LogP contribution in [-0.4, -0.2) is 28.4 Å². The molecule has 3 heterocycles. The monoisotopic (exact) mass is 374 g/mol. The first kappa shape index (κ1) is 16.0. The molecule has 0 bridgehead atoms. The lowest BCUT2D eigenvalue weighted by Gasteiger charge is -2.08. The second-order valence-electron chi connectivity index (χ2n) is 5.58. The van der Waals surface area contributed by atoms with E-state index in [0.717, 1.165) is 39.9 Å². The van der Waals surface area contributed by atoms with Crippen LogP contribution in [0.4, 0.5) is 5.00 Å². The summed E-state index contributed by atoms with van der Waals surface area (Å²) >= 11 is 2.89. The fourth-order valence-electron chi connectivity index (χ4n) is 2.93. The van der Waals surface area contributed by atoms with Crippen molar-refractivity contribution in [3.63, 3.8) is 0 Å². The average molecular weight is 374 g/mol. The number of aromatic nitrogens is 2. The molecule has 4 rings (SSSR count). The van der Waals surface area contributed by atoms with Crippen molar-refractivity contribution in [2.24, 2.45) is 5.73 Å². The quantitative estimate of drug-likeness (QED) is 0.713. The molecule has 1 aliphatic rings. The molecule has 7 nitrogen and oxygen atoms in total. The van der Waals surface area contributed by atoms with Gasteiger partial charge in [-0.15, -0.1) is 22.7 Å². The SMILES string of the molecule is NC(=O)c1c(NC(=O)COc2ncnc3sccc23)sc2c1CCC2. The number of hydrogen-bond donors (Lipinski definition) is 2. The third-order valence-corrected chi connectivity index (χ3v) is 6.01. The number of fused-ring (bicyclic) bond motifs is 2. The van der Waals surface area contributed by atoms with Crippen molar-refractivity contribution in [2.45, 2.75) is 19.3 Å². The normalized spacial score (nSPS) is 13.0. The van der Waals surface area contributed by atoms with Crippen molar-refractivity contribution in [3.8, 4) is 5.88 Å². The van der Waals surface area contributed by atoms with Gasteiger partial charge in [-0.05, 0) is 36.3 Å². The molecule has 3 aromatic rings. The van der Waals surface area contributed by atoms with Crippen LogP contribution in [-0.2, 0) is 17.6 Å². The molecule has 1 aliphatic carbocycles. The van der Waals surface area contributed by atoms with Gasteiger partial charge in [-0.3, -0.25) is 9.59 Å². The van der Waals surface area contributed by atoms with Crippen molar-refractivity contribution >= 4 is 49.7 Å². The molecule has 3 N–H and O–H groups in total. The Labute approximate surface area is 150 Å². The molecular weight excluding hydrogens is 360 g/mol. The molecule has 25 heavy (non-hydrogen) atoms. The Hall–Kier alpha value is -2.52. The van der Waals surface area contributed by atoms with Crippen LogP contribution in [0.5, 0.6) is 5.88 Å². The van der Waals surface area contributed by atoms with Crippen molar-refractivity contribution in [2.75, 3.05) is 11.9 Å². The van der Waals surface area contributed by atoms with Crippen LogP contribution in [0.2, 0.25) is 0 Å². The summed E-state index contributed by atoms with van der Waals surface area (Å²) < 4.78 is 5.52. The van der Waals surface area contributed by atoms with Crippen molar-refractivity contribution in [1.29, 1.82) is 0 Å². The van der Waals surface area contributed by atoms with Gasteiger partial charge in [-0.1, -0.05) is 0 Å². The number of carbonyl (C=O) groups excluding carboxylic acids is 2. The third kappa shape index (κ3) is 2.96. The lowest BCUT2D eigenvalue weighted by molar-refractivity contribution is -0.118. The molecule has 0 spiro atoms. The number of carbonyl (C=O) groups is 2. The topological polar surface area (TPSA) is 107 Å². The first-order chi connectivity index (χ1) is 12.1. The van der Waals surface area contributed by atoms with Gasteiger partial charge in [0.25, 0.3) is 11.8 Å². The highest BCUT2D eigenvalue weighted by atomic mass is 32.1. The number of aryl methyl sites for hydroxylation is 1. The molecule has 0 radical (unpaired) electrons. The largest absolute Gasteiger partial charge is 0.467 e. The Bertz CT molecular complexity index is 979. The van der Waals surface area contributed by atoms with Gasteiger partial charge in [0.2, 0.25) is 5.88 Å². The minimum absolute atomic E-state index is 0.206. The zero-order valence-electron chi connectivity index (χ0n) is 13.1. The highest BCUT2D eigenvalue weighted by molar-refractivity contribution is 7.17. The average Bonchev–Trinajstić information content (AvgIpc) is 3.27. The van der Waals surface area contributed by atoms with E-state index in [4.69, 9.17) is 10.5 Å². The molecule has 0 aliphatic heterocycles.